The summed E-state index contributed by atoms with van der Waals surface area (Å²) in [5.74, 6) is 1.47. The molecule has 3 aliphatic rings. The molecule has 2 aliphatic heterocycles. The van der Waals surface area contributed by atoms with E-state index in [1.165, 1.54) is 0 Å². The first-order chi connectivity index (χ1) is 12.7. The summed E-state index contributed by atoms with van der Waals surface area (Å²) in [4.78, 5) is 14.7. The molecule has 2 N–H and O–H groups in total. The first-order valence-electron chi connectivity index (χ1n) is 9.55. The highest BCUT2D eigenvalue weighted by Gasteiger charge is 2.53. The number of methoxy groups -OCH3 is 1. The van der Waals surface area contributed by atoms with Crippen LogP contribution in [-0.4, -0.2) is 47.4 Å². The van der Waals surface area contributed by atoms with Crippen molar-refractivity contribution in [2.24, 2.45) is 0 Å². The lowest BCUT2D eigenvalue weighted by Crippen LogP contribution is -2.49. The summed E-state index contributed by atoms with van der Waals surface area (Å²) >= 11 is 0. The van der Waals surface area contributed by atoms with E-state index in [0.29, 0.717) is 25.3 Å². The van der Waals surface area contributed by atoms with Crippen LogP contribution in [0.2, 0.25) is 0 Å². The fraction of sp³-hybridized carbons (Fsp3) is 0.571. The van der Waals surface area contributed by atoms with Crippen molar-refractivity contribution in [3.05, 3.63) is 35.4 Å². The SMILES string of the molecule is COc1ccc2c3c1OC1C[C@@H](O)C=CC31CCN(C(=O)NC(C)(C)C)C2.Cl. The third-order valence-electron chi connectivity index (χ3n) is 5.72. The average Bonchev–Trinajstić information content (AvgIpc) is 2.81. The minimum absolute atomic E-state index is 0. The maximum absolute atomic E-state index is 12.8. The molecule has 0 aromatic heterocycles. The molecule has 1 aliphatic carbocycles. The molecule has 0 bridgehead atoms. The van der Waals surface area contributed by atoms with Gasteiger partial charge in [-0.15, -0.1) is 12.4 Å². The van der Waals surface area contributed by atoms with E-state index in [-0.39, 0.29) is 35.5 Å². The molecular weight excluding hydrogens is 380 g/mol. The average molecular weight is 409 g/mol. The largest absolute Gasteiger partial charge is 0.493 e. The summed E-state index contributed by atoms with van der Waals surface area (Å²) in [6.45, 7) is 7.11. The summed E-state index contributed by atoms with van der Waals surface area (Å²) in [6.07, 6.45) is 4.60. The third kappa shape index (κ3) is 3.33. The number of carbonyl (C=O) groups excluding carboxylic acids is 1. The van der Waals surface area contributed by atoms with Crippen molar-refractivity contribution < 1.29 is 19.4 Å². The van der Waals surface area contributed by atoms with Gasteiger partial charge in [0, 0.05) is 30.6 Å². The maximum atomic E-state index is 12.8. The second kappa shape index (κ2) is 7.16. The molecule has 1 aromatic carbocycles. The van der Waals surface area contributed by atoms with Crippen LogP contribution in [0.25, 0.3) is 0 Å². The van der Waals surface area contributed by atoms with Crippen LogP contribution in [0.3, 0.4) is 0 Å². The molecule has 28 heavy (non-hydrogen) atoms. The zero-order valence-electron chi connectivity index (χ0n) is 16.8. The van der Waals surface area contributed by atoms with Gasteiger partial charge in [0.1, 0.15) is 6.10 Å². The highest BCUT2D eigenvalue weighted by atomic mass is 35.5. The number of urea groups is 1. The molecule has 2 unspecified atom stereocenters. The van der Waals surface area contributed by atoms with Gasteiger partial charge >= 0.3 is 6.03 Å². The Labute approximate surface area is 172 Å². The normalized spacial score (nSPS) is 27.7. The van der Waals surface area contributed by atoms with E-state index < -0.39 is 6.10 Å². The number of benzene rings is 1. The Balaban J connectivity index is 0.00000225. The molecule has 3 atom stereocenters. The number of halogens is 1. The topological polar surface area (TPSA) is 71.0 Å². The zero-order valence-corrected chi connectivity index (χ0v) is 17.6. The van der Waals surface area contributed by atoms with Crippen LogP contribution in [0.15, 0.2) is 24.3 Å². The second-order valence-electron chi connectivity index (χ2n) is 8.79. The number of rotatable bonds is 1. The molecule has 0 saturated carbocycles. The molecule has 2 heterocycles. The minimum Gasteiger partial charge on any atom is -0.493 e. The smallest absolute Gasteiger partial charge is 0.318 e. The maximum Gasteiger partial charge on any atom is 0.318 e. The Morgan fingerprint density at radius 3 is 2.82 bits per heavy atom. The van der Waals surface area contributed by atoms with Gasteiger partial charge in [0.2, 0.25) is 0 Å². The Morgan fingerprint density at radius 2 is 2.14 bits per heavy atom. The van der Waals surface area contributed by atoms with Gasteiger partial charge in [-0.05, 0) is 38.8 Å². The predicted octanol–water partition coefficient (Wildman–Crippen LogP) is 3.15. The van der Waals surface area contributed by atoms with Crippen LogP contribution in [0, 0.1) is 0 Å². The molecule has 6 nitrogen and oxygen atoms in total. The first kappa shape index (κ1) is 20.8. The molecule has 4 rings (SSSR count). The number of nitrogens with one attached hydrogen (secondary N) is 1. The number of hydrogen-bond acceptors (Lipinski definition) is 4. The monoisotopic (exact) mass is 408 g/mol. The van der Waals surface area contributed by atoms with Crippen LogP contribution in [0.1, 0.15) is 44.7 Å². The highest BCUT2D eigenvalue weighted by Crippen LogP contribution is 2.55. The van der Waals surface area contributed by atoms with Gasteiger partial charge in [0.05, 0.1) is 18.6 Å². The molecule has 1 aromatic rings. The lowest BCUT2D eigenvalue weighted by Gasteiger charge is -2.36. The zero-order chi connectivity index (χ0) is 19.4. The number of aliphatic hydroxyl groups excluding tert-OH is 1. The summed E-state index contributed by atoms with van der Waals surface area (Å²) in [5, 5.41) is 13.2. The van der Waals surface area contributed by atoms with Gasteiger partial charge in [-0.1, -0.05) is 18.2 Å². The van der Waals surface area contributed by atoms with E-state index in [2.05, 4.69) is 11.4 Å². The third-order valence-corrected chi connectivity index (χ3v) is 5.72. The molecule has 154 valence electrons. The van der Waals surface area contributed by atoms with Crippen molar-refractivity contribution in [1.82, 2.24) is 10.2 Å². The van der Waals surface area contributed by atoms with Gasteiger partial charge in [-0.25, -0.2) is 4.79 Å². The van der Waals surface area contributed by atoms with Gasteiger partial charge in [-0.2, -0.15) is 0 Å². The summed E-state index contributed by atoms with van der Waals surface area (Å²) in [5.41, 5.74) is 1.58. The standard InChI is InChI=1S/C21H28N2O4.ClH/c1-20(2,3)22-19(25)23-10-9-21-8-7-14(24)11-16(21)27-18-15(26-4)6-5-13(12-23)17(18)21;/h5-8,14,16,24H,9-12H2,1-4H3,(H,22,25);1H/t14-,16?,21?;/m0./s1. The quantitative estimate of drug-likeness (QED) is 0.700. The molecule has 2 amide bonds. The van der Waals surface area contributed by atoms with Crippen LogP contribution in [-0.2, 0) is 12.0 Å². The summed E-state index contributed by atoms with van der Waals surface area (Å²) in [7, 11) is 1.64. The Hall–Kier alpha value is -1.92. The van der Waals surface area contributed by atoms with E-state index in [0.717, 1.165) is 23.3 Å². The van der Waals surface area contributed by atoms with E-state index in [1.807, 2.05) is 43.9 Å². The summed E-state index contributed by atoms with van der Waals surface area (Å²) < 4.78 is 11.8. The number of ether oxygens (including phenoxy) is 2. The van der Waals surface area contributed by atoms with Crippen molar-refractivity contribution in [3.8, 4) is 11.5 Å². The number of carbonyl (C=O) groups is 1. The van der Waals surface area contributed by atoms with Gasteiger partial charge in [0.25, 0.3) is 0 Å². The van der Waals surface area contributed by atoms with Gasteiger partial charge < -0.3 is 24.8 Å². The van der Waals surface area contributed by atoms with Crippen LogP contribution >= 0.6 is 12.4 Å². The number of nitrogens with zero attached hydrogens (tertiary/aromatic N) is 1. The van der Waals surface area contributed by atoms with Crippen LogP contribution in [0.5, 0.6) is 11.5 Å². The first-order valence-corrected chi connectivity index (χ1v) is 9.55. The van der Waals surface area contributed by atoms with Crippen molar-refractivity contribution in [2.45, 2.75) is 63.3 Å². The summed E-state index contributed by atoms with van der Waals surface area (Å²) in [6, 6.07) is 3.89. The van der Waals surface area contributed by atoms with E-state index in [1.54, 1.807) is 7.11 Å². The molecule has 1 spiro atoms. The van der Waals surface area contributed by atoms with Crippen LogP contribution in [0.4, 0.5) is 4.79 Å². The van der Waals surface area contributed by atoms with Gasteiger partial charge in [0.15, 0.2) is 11.5 Å². The molecule has 0 radical (unpaired) electrons. The van der Waals surface area contributed by atoms with Crippen LogP contribution < -0.4 is 14.8 Å². The van der Waals surface area contributed by atoms with E-state index in [9.17, 15) is 9.90 Å². The van der Waals surface area contributed by atoms with Crippen molar-refractivity contribution in [2.75, 3.05) is 13.7 Å². The highest BCUT2D eigenvalue weighted by molar-refractivity contribution is 5.85. The number of aliphatic hydroxyl groups is 1. The fourth-order valence-electron chi connectivity index (χ4n) is 4.51. The molecule has 0 saturated heterocycles. The van der Waals surface area contributed by atoms with E-state index >= 15 is 0 Å². The minimum atomic E-state index is -0.507. The second-order valence-corrected chi connectivity index (χ2v) is 8.79. The molecule has 0 fully saturated rings. The Bertz CT molecular complexity index is 804. The number of amides is 2. The number of hydrogen-bond donors (Lipinski definition) is 2. The molecular formula is C21H29ClN2O4. The van der Waals surface area contributed by atoms with Gasteiger partial charge in [-0.3, -0.25) is 0 Å². The predicted molar refractivity (Wildman–Crippen MR) is 109 cm³/mol. The Kier molecular flexibility index (Phi) is 5.32. The van der Waals surface area contributed by atoms with Crippen molar-refractivity contribution in [3.63, 3.8) is 0 Å². The van der Waals surface area contributed by atoms with Crippen molar-refractivity contribution in [1.29, 1.82) is 0 Å². The lowest BCUT2D eigenvalue weighted by molar-refractivity contribution is 0.0819. The molecule has 7 heteroatoms. The van der Waals surface area contributed by atoms with E-state index in [4.69, 9.17) is 9.47 Å². The van der Waals surface area contributed by atoms with Crippen molar-refractivity contribution >= 4 is 18.4 Å². The lowest BCUT2D eigenvalue weighted by atomic mass is 9.69. The Morgan fingerprint density at radius 1 is 1.39 bits per heavy atom. The fourth-order valence-corrected chi connectivity index (χ4v) is 4.51.